The van der Waals surface area contributed by atoms with Gasteiger partial charge in [-0.2, -0.15) is 0 Å². The summed E-state index contributed by atoms with van der Waals surface area (Å²) in [6, 6.07) is 2.50. The molecular formula is C10H8O4. The van der Waals surface area contributed by atoms with Gasteiger partial charge in [-0.25, -0.2) is 0 Å². The number of aldehydes is 2. The van der Waals surface area contributed by atoms with E-state index in [1.54, 1.807) is 0 Å². The van der Waals surface area contributed by atoms with Gasteiger partial charge in [-0.15, -0.1) is 0 Å². The number of ketones is 1. The average molecular weight is 192 g/mol. The van der Waals surface area contributed by atoms with Gasteiger partial charge in [0.05, 0.1) is 11.1 Å². The molecule has 1 aromatic carbocycles. The molecule has 0 amide bonds. The Morgan fingerprint density at radius 2 is 1.64 bits per heavy atom. The maximum absolute atomic E-state index is 11.0. The minimum absolute atomic E-state index is 0.0557. The molecule has 0 aliphatic heterocycles. The second kappa shape index (κ2) is 3.83. The third-order valence-corrected chi connectivity index (χ3v) is 1.83. The lowest BCUT2D eigenvalue weighted by atomic mass is 10.0. The van der Waals surface area contributed by atoms with E-state index in [2.05, 4.69) is 0 Å². The number of phenols is 1. The normalized spacial score (nSPS) is 9.50. The van der Waals surface area contributed by atoms with Gasteiger partial charge in [0.1, 0.15) is 5.75 Å². The van der Waals surface area contributed by atoms with Crippen molar-refractivity contribution in [2.75, 3.05) is 0 Å². The summed E-state index contributed by atoms with van der Waals surface area (Å²) in [7, 11) is 0. The van der Waals surface area contributed by atoms with Crippen molar-refractivity contribution in [3.8, 4) is 5.75 Å². The first-order chi connectivity index (χ1) is 6.60. The van der Waals surface area contributed by atoms with Crippen molar-refractivity contribution < 1.29 is 19.5 Å². The molecule has 0 unspecified atom stereocenters. The van der Waals surface area contributed by atoms with Crippen LogP contribution in [0.5, 0.6) is 5.75 Å². The molecule has 0 spiro atoms. The molecule has 0 radical (unpaired) electrons. The molecule has 72 valence electrons. The van der Waals surface area contributed by atoms with Crippen LogP contribution in [0.3, 0.4) is 0 Å². The lowest BCUT2D eigenvalue weighted by Crippen LogP contribution is -1.97. The third-order valence-electron chi connectivity index (χ3n) is 1.83. The molecule has 0 aliphatic rings. The van der Waals surface area contributed by atoms with E-state index >= 15 is 0 Å². The Bertz CT molecular complexity index is 378. The van der Waals surface area contributed by atoms with E-state index in [-0.39, 0.29) is 28.2 Å². The molecule has 1 rings (SSSR count). The topological polar surface area (TPSA) is 71.4 Å². The van der Waals surface area contributed by atoms with Crippen LogP contribution in [0, 0.1) is 0 Å². The molecule has 0 saturated carbocycles. The van der Waals surface area contributed by atoms with Crippen LogP contribution in [0.1, 0.15) is 38.0 Å². The quantitative estimate of drug-likeness (QED) is 0.577. The minimum atomic E-state index is -0.389. The number of carbonyl (C=O) groups is 3. The number of aromatic hydroxyl groups is 1. The van der Waals surface area contributed by atoms with Crippen LogP contribution >= 0.6 is 0 Å². The maximum Gasteiger partial charge on any atom is 0.159 e. The summed E-state index contributed by atoms with van der Waals surface area (Å²) in [5, 5.41) is 9.32. The molecule has 0 bridgehead atoms. The standard InChI is InChI=1S/C10H8O4/c1-6(13)7-2-8(4-11)10(14)9(3-7)5-12/h2-5,14H,1H3. The number of benzene rings is 1. The molecule has 0 aliphatic carbocycles. The zero-order valence-electron chi connectivity index (χ0n) is 7.48. The van der Waals surface area contributed by atoms with Gasteiger partial charge in [0.25, 0.3) is 0 Å². The summed E-state index contributed by atoms with van der Waals surface area (Å²) in [6.07, 6.45) is 0.795. The van der Waals surface area contributed by atoms with Crippen LogP contribution in [-0.4, -0.2) is 23.5 Å². The number of hydrogen-bond donors (Lipinski definition) is 1. The predicted molar refractivity (Wildman–Crippen MR) is 48.9 cm³/mol. The Kier molecular flexibility index (Phi) is 2.76. The van der Waals surface area contributed by atoms with E-state index in [4.69, 9.17) is 0 Å². The van der Waals surface area contributed by atoms with Gasteiger partial charge in [0.15, 0.2) is 18.4 Å². The predicted octanol–water partition coefficient (Wildman–Crippen LogP) is 1.22. The molecule has 14 heavy (non-hydrogen) atoms. The molecule has 0 fully saturated rings. The highest BCUT2D eigenvalue weighted by Crippen LogP contribution is 2.22. The van der Waals surface area contributed by atoms with Crippen LogP contribution in [0.4, 0.5) is 0 Å². The van der Waals surface area contributed by atoms with E-state index in [0.717, 1.165) is 0 Å². The zero-order valence-corrected chi connectivity index (χ0v) is 7.48. The fourth-order valence-electron chi connectivity index (χ4n) is 1.06. The van der Waals surface area contributed by atoms with Crippen LogP contribution in [-0.2, 0) is 0 Å². The first-order valence-corrected chi connectivity index (χ1v) is 3.88. The molecule has 1 N–H and O–H groups in total. The Morgan fingerprint density at radius 3 is 1.93 bits per heavy atom. The van der Waals surface area contributed by atoms with Gasteiger partial charge in [-0.3, -0.25) is 14.4 Å². The molecule has 4 heteroatoms. The van der Waals surface area contributed by atoms with E-state index in [1.807, 2.05) is 0 Å². The van der Waals surface area contributed by atoms with Crippen molar-refractivity contribution in [2.45, 2.75) is 6.92 Å². The number of rotatable bonds is 3. The fraction of sp³-hybridized carbons (Fsp3) is 0.100. The highest BCUT2D eigenvalue weighted by Gasteiger charge is 2.10. The lowest BCUT2D eigenvalue weighted by Gasteiger charge is -2.03. The molecular weight excluding hydrogens is 184 g/mol. The average Bonchev–Trinajstić information content (AvgIpc) is 2.17. The number of carbonyl (C=O) groups excluding carboxylic acids is 3. The molecule has 0 saturated heterocycles. The second-order valence-electron chi connectivity index (χ2n) is 2.80. The van der Waals surface area contributed by atoms with Crippen molar-refractivity contribution in [3.05, 3.63) is 28.8 Å². The van der Waals surface area contributed by atoms with Gasteiger partial charge in [-0.05, 0) is 19.1 Å². The van der Waals surface area contributed by atoms with Crippen molar-refractivity contribution in [1.29, 1.82) is 0 Å². The highest BCUT2D eigenvalue weighted by molar-refractivity contribution is 5.99. The summed E-state index contributed by atoms with van der Waals surface area (Å²) in [5.74, 6) is -0.656. The molecule has 0 heterocycles. The summed E-state index contributed by atoms with van der Waals surface area (Å²) in [4.78, 5) is 31.9. The van der Waals surface area contributed by atoms with Crippen LogP contribution in [0.25, 0.3) is 0 Å². The summed E-state index contributed by atoms with van der Waals surface area (Å²) >= 11 is 0. The van der Waals surface area contributed by atoms with Crippen LogP contribution in [0.15, 0.2) is 12.1 Å². The largest absolute Gasteiger partial charge is 0.506 e. The zero-order chi connectivity index (χ0) is 10.7. The Labute approximate surface area is 80.2 Å². The van der Waals surface area contributed by atoms with E-state index in [0.29, 0.717) is 12.6 Å². The van der Waals surface area contributed by atoms with Gasteiger partial charge >= 0.3 is 0 Å². The molecule has 0 atom stereocenters. The number of Topliss-reactive ketones (excluding diaryl/α,β-unsaturated/α-hetero) is 1. The number of hydrogen-bond acceptors (Lipinski definition) is 4. The Balaban J connectivity index is 3.46. The van der Waals surface area contributed by atoms with Gasteiger partial charge < -0.3 is 5.11 Å². The summed E-state index contributed by atoms with van der Waals surface area (Å²) in [5.41, 5.74) is 0.117. The smallest absolute Gasteiger partial charge is 0.159 e. The van der Waals surface area contributed by atoms with E-state index < -0.39 is 0 Å². The Morgan fingerprint density at radius 1 is 1.21 bits per heavy atom. The fourth-order valence-corrected chi connectivity index (χ4v) is 1.06. The first kappa shape index (κ1) is 10.1. The van der Waals surface area contributed by atoms with Gasteiger partial charge in [0, 0.05) is 5.56 Å². The van der Waals surface area contributed by atoms with E-state index in [9.17, 15) is 19.5 Å². The SMILES string of the molecule is CC(=O)c1cc(C=O)c(O)c(C=O)c1. The first-order valence-electron chi connectivity index (χ1n) is 3.88. The van der Waals surface area contributed by atoms with Crippen molar-refractivity contribution >= 4 is 18.4 Å². The van der Waals surface area contributed by atoms with E-state index in [1.165, 1.54) is 19.1 Å². The van der Waals surface area contributed by atoms with Crippen molar-refractivity contribution in [3.63, 3.8) is 0 Å². The lowest BCUT2D eigenvalue weighted by molar-refractivity contribution is 0.101. The van der Waals surface area contributed by atoms with Gasteiger partial charge in [0.2, 0.25) is 0 Å². The van der Waals surface area contributed by atoms with Crippen molar-refractivity contribution in [2.24, 2.45) is 0 Å². The maximum atomic E-state index is 11.0. The second-order valence-corrected chi connectivity index (χ2v) is 2.80. The third kappa shape index (κ3) is 1.69. The minimum Gasteiger partial charge on any atom is -0.506 e. The van der Waals surface area contributed by atoms with Crippen molar-refractivity contribution in [1.82, 2.24) is 0 Å². The number of phenolic OH excluding ortho intramolecular Hbond substituents is 1. The summed E-state index contributed by atoms with van der Waals surface area (Å²) in [6.45, 7) is 1.32. The summed E-state index contributed by atoms with van der Waals surface area (Å²) < 4.78 is 0. The molecule has 1 aromatic rings. The van der Waals surface area contributed by atoms with Crippen LogP contribution in [0.2, 0.25) is 0 Å². The van der Waals surface area contributed by atoms with Crippen LogP contribution < -0.4 is 0 Å². The highest BCUT2D eigenvalue weighted by atomic mass is 16.3. The monoisotopic (exact) mass is 192 g/mol. The molecule has 4 nitrogen and oxygen atoms in total. The van der Waals surface area contributed by atoms with Gasteiger partial charge in [-0.1, -0.05) is 0 Å². The molecule has 0 aromatic heterocycles. The Hall–Kier alpha value is -1.97.